The third-order valence-electron chi connectivity index (χ3n) is 4.83. The highest BCUT2D eigenvalue weighted by Crippen LogP contribution is 2.22. The van der Waals surface area contributed by atoms with E-state index in [4.69, 9.17) is 9.47 Å². The van der Waals surface area contributed by atoms with Crippen molar-refractivity contribution >= 4 is 22.9 Å². The van der Waals surface area contributed by atoms with E-state index in [1.807, 2.05) is 42.5 Å². The van der Waals surface area contributed by atoms with Gasteiger partial charge >= 0.3 is 6.09 Å². The molecule has 0 bridgehead atoms. The van der Waals surface area contributed by atoms with E-state index >= 15 is 0 Å². The molecule has 4 rings (SSSR count). The van der Waals surface area contributed by atoms with E-state index in [1.165, 1.54) is 0 Å². The molecule has 144 valence electrons. The number of fused-ring (bicyclic) bond motifs is 1. The number of nitrogens with zero attached hydrogens (tertiary/aromatic N) is 2. The van der Waals surface area contributed by atoms with Crippen molar-refractivity contribution in [3.8, 4) is 11.5 Å². The number of benzene rings is 2. The number of amides is 2. The van der Waals surface area contributed by atoms with Crippen molar-refractivity contribution in [1.82, 2.24) is 14.8 Å². The second-order valence-corrected chi connectivity index (χ2v) is 6.60. The molecule has 0 saturated carbocycles. The molecule has 1 N–H and O–H groups in total. The van der Waals surface area contributed by atoms with Crippen molar-refractivity contribution in [3.63, 3.8) is 0 Å². The van der Waals surface area contributed by atoms with Crippen LogP contribution in [0.1, 0.15) is 10.5 Å². The molecule has 28 heavy (non-hydrogen) atoms. The smallest absolute Gasteiger partial charge is 0.415 e. The first-order chi connectivity index (χ1) is 13.6. The van der Waals surface area contributed by atoms with Gasteiger partial charge in [-0.2, -0.15) is 0 Å². The molecule has 0 spiro atoms. The van der Waals surface area contributed by atoms with Crippen LogP contribution in [0.25, 0.3) is 10.9 Å². The molecule has 1 fully saturated rings. The van der Waals surface area contributed by atoms with Crippen LogP contribution in [0.4, 0.5) is 4.79 Å². The number of aromatic amines is 1. The van der Waals surface area contributed by atoms with E-state index in [0.717, 1.165) is 16.7 Å². The average molecular weight is 379 g/mol. The zero-order valence-corrected chi connectivity index (χ0v) is 15.6. The van der Waals surface area contributed by atoms with Crippen LogP contribution in [-0.4, -0.2) is 60.1 Å². The molecule has 1 aliphatic heterocycles. The van der Waals surface area contributed by atoms with Gasteiger partial charge in [0.1, 0.15) is 17.2 Å². The molecule has 7 nitrogen and oxygen atoms in total. The first-order valence-electron chi connectivity index (χ1n) is 9.12. The second kappa shape index (κ2) is 7.64. The Labute approximate surface area is 162 Å². The normalized spacial score (nSPS) is 14.2. The zero-order chi connectivity index (χ0) is 19.5. The molecule has 1 aromatic heterocycles. The summed E-state index contributed by atoms with van der Waals surface area (Å²) >= 11 is 0. The number of aromatic nitrogens is 1. The lowest BCUT2D eigenvalue weighted by atomic mass is 10.2. The van der Waals surface area contributed by atoms with Gasteiger partial charge in [-0.05, 0) is 30.3 Å². The Morgan fingerprint density at radius 3 is 2.32 bits per heavy atom. The van der Waals surface area contributed by atoms with Gasteiger partial charge in [0.2, 0.25) is 0 Å². The van der Waals surface area contributed by atoms with Crippen LogP contribution in [0.5, 0.6) is 11.5 Å². The Morgan fingerprint density at radius 1 is 0.893 bits per heavy atom. The molecular formula is C21H21N3O4. The van der Waals surface area contributed by atoms with Crippen molar-refractivity contribution in [2.45, 2.75) is 0 Å². The SMILES string of the molecule is COc1ccc2cc(C(=O)N3CCN(C(=O)Oc4ccccc4)CC3)[nH]c2c1. The minimum atomic E-state index is -0.393. The van der Waals surface area contributed by atoms with E-state index < -0.39 is 6.09 Å². The average Bonchev–Trinajstić information content (AvgIpc) is 3.17. The summed E-state index contributed by atoms with van der Waals surface area (Å²) in [5, 5.41) is 0.953. The highest BCUT2D eigenvalue weighted by molar-refractivity contribution is 5.98. The lowest BCUT2D eigenvalue weighted by Gasteiger charge is -2.33. The number of carbonyl (C=O) groups is 2. The fourth-order valence-corrected chi connectivity index (χ4v) is 3.26. The van der Waals surface area contributed by atoms with Crippen LogP contribution >= 0.6 is 0 Å². The molecule has 7 heteroatoms. The highest BCUT2D eigenvalue weighted by Gasteiger charge is 2.26. The standard InChI is InChI=1S/C21H21N3O4/c1-27-17-8-7-15-13-19(22-18(15)14-17)20(25)23-9-11-24(12-10-23)21(26)28-16-5-3-2-4-6-16/h2-8,13-14,22H,9-12H2,1H3. The lowest BCUT2D eigenvalue weighted by molar-refractivity contribution is 0.0629. The van der Waals surface area contributed by atoms with Crippen LogP contribution in [-0.2, 0) is 0 Å². The minimum absolute atomic E-state index is 0.0776. The van der Waals surface area contributed by atoms with E-state index in [2.05, 4.69) is 4.98 Å². The summed E-state index contributed by atoms with van der Waals surface area (Å²) in [6, 6.07) is 16.5. The molecule has 0 radical (unpaired) electrons. The number of hydrogen-bond acceptors (Lipinski definition) is 4. The molecule has 2 aromatic carbocycles. The van der Waals surface area contributed by atoms with Crippen molar-refractivity contribution < 1.29 is 19.1 Å². The fraction of sp³-hybridized carbons (Fsp3) is 0.238. The van der Waals surface area contributed by atoms with Crippen molar-refractivity contribution in [3.05, 3.63) is 60.3 Å². The van der Waals surface area contributed by atoms with Gasteiger partial charge in [-0.1, -0.05) is 18.2 Å². The van der Waals surface area contributed by atoms with Crippen LogP contribution < -0.4 is 9.47 Å². The lowest BCUT2D eigenvalue weighted by Crippen LogP contribution is -2.51. The number of H-pyrrole nitrogens is 1. The Kier molecular flexibility index (Phi) is 4.89. The first kappa shape index (κ1) is 17.9. The van der Waals surface area contributed by atoms with Crippen molar-refractivity contribution in [2.24, 2.45) is 0 Å². The number of carbonyl (C=O) groups excluding carboxylic acids is 2. The van der Waals surface area contributed by atoms with Gasteiger partial charge in [0, 0.05) is 43.1 Å². The monoisotopic (exact) mass is 379 g/mol. The summed E-state index contributed by atoms with van der Waals surface area (Å²) in [6.45, 7) is 1.79. The third kappa shape index (κ3) is 3.64. The Balaban J connectivity index is 1.38. The predicted molar refractivity (Wildman–Crippen MR) is 105 cm³/mol. The van der Waals surface area contributed by atoms with Crippen LogP contribution in [0, 0.1) is 0 Å². The van der Waals surface area contributed by atoms with Gasteiger partial charge in [-0.3, -0.25) is 4.79 Å². The van der Waals surface area contributed by atoms with Gasteiger partial charge in [-0.25, -0.2) is 4.79 Å². The molecule has 0 unspecified atom stereocenters. The molecule has 2 amide bonds. The molecular weight excluding hydrogens is 358 g/mol. The zero-order valence-electron chi connectivity index (χ0n) is 15.6. The molecule has 3 aromatic rings. The van der Waals surface area contributed by atoms with Gasteiger partial charge in [0.25, 0.3) is 5.91 Å². The van der Waals surface area contributed by atoms with Gasteiger partial charge in [-0.15, -0.1) is 0 Å². The summed E-state index contributed by atoms with van der Waals surface area (Å²) in [5.74, 6) is 1.17. The molecule has 0 aliphatic carbocycles. The number of methoxy groups -OCH3 is 1. The number of ether oxygens (including phenoxy) is 2. The fourth-order valence-electron chi connectivity index (χ4n) is 3.26. The number of nitrogens with one attached hydrogen (secondary N) is 1. The van der Waals surface area contributed by atoms with Crippen molar-refractivity contribution in [2.75, 3.05) is 33.3 Å². The van der Waals surface area contributed by atoms with E-state index in [0.29, 0.717) is 37.6 Å². The minimum Gasteiger partial charge on any atom is -0.497 e. The van der Waals surface area contributed by atoms with E-state index in [-0.39, 0.29) is 5.91 Å². The molecule has 1 saturated heterocycles. The maximum absolute atomic E-state index is 12.8. The summed E-state index contributed by atoms with van der Waals surface area (Å²) in [4.78, 5) is 31.6. The molecule has 1 aliphatic rings. The van der Waals surface area contributed by atoms with Crippen molar-refractivity contribution in [1.29, 1.82) is 0 Å². The molecule has 2 heterocycles. The topological polar surface area (TPSA) is 74.9 Å². The maximum atomic E-state index is 12.8. The van der Waals surface area contributed by atoms with E-state index in [1.54, 1.807) is 29.0 Å². The second-order valence-electron chi connectivity index (χ2n) is 6.60. The summed E-state index contributed by atoms with van der Waals surface area (Å²) in [6.07, 6.45) is -0.393. The number of piperazine rings is 1. The van der Waals surface area contributed by atoms with E-state index in [9.17, 15) is 9.59 Å². The Morgan fingerprint density at radius 2 is 1.61 bits per heavy atom. The summed E-state index contributed by atoms with van der Waals surface area (Å²) in [5.41, 5.74) is 1.39. The van der Waals surface area contributed by atoms with Crippen LogP contribution in [0.2, 0.25) is 0 Å². The quantitative estimate of drug-likeness (QED) is 0.759. The number of hydrogen-bond donors (Lipinski definition) is 1. The maximum Gasteiger partial charge on any atom is 0.415 e. The Hall–Kier alpha value is -3.48. The van der Waals surface area contributed by atoms with Crippen LogP contribution in [0.3, 0.4) is 0 Å². The third-order valence-corrected chi connectivity index (χ3v) is 4.83. The van der Waals surface area contributed by atoms with Gasteiger partial charge in [0.15, 0.2) is 0 Å². The van der Waals surface area contributed by atoms with Gasteiger partial charge in [0.05, 0.1) is 7.11 Å². The predicted octanol–water partition coefficient (Wildman–Crippen LogP) is 3.13. The summed E-state index contributed by atoms with van der Waals surface area (Å²) in [7, 11) is 1.61. The van der Waals surface area contributed by atoms with Crippen LogP contribution in [0.15, 0.2) is 54.6 Å². The largest absolute Gasteiger partial charge is 0.497 e. The number of rotatable bonds is 3. The summed E-state index contributed by atoms with van der Waals surface area (Å²) < 4.78 is 10.6. The number of para-hydroxylation sites is 1. The Bertz CT molecular complexity index is 991. The molecule has 0 atom stereocenters. The van der Waals surface area contributed by atoms with Gasteiger partial charge < -0.3 is 24.3 Å². The first-order valence-corrected chi connectivity index (χ1v) is 9.12. The highest BCUT2D eigenvalue weighted by atomic mass is 16.6.